The van der Waals surface area contributed by atoms with Gasteiger partial charge in [-0.3, -0.25) is 4.79 Å². The van der Waals surface area contributed by atoms with Crippen molar-refractivity contribution in [3.05, 3.63) is 41.8 Å². The number of carbonyl (C=O) groups is 1. The highest BCUT2D eigenvalue weighted by molar-refractivity contribution is 8.00. The first-order valence-corrected chi connectivity index (χ1v) is 9.23. The van der Waals surface area contributed by atoms with Crippen molar-refractivity contribution in [2.75, 3.05) is 0 Å². The van der Waals surface area contributed by atoms with Gasteiger partial charge in [0, 0.05) is 17.4 Å². The molecule has 2 aromatic heterocycles. The summed E-state index contributed by atoms with van der Waals surface area (Å²) in [6.07, 6.45) is 2.12. The van der Waals surface area contributed by atoms with E-state index in [1.807, 2.05) is 12.3 Å². The lowest BCUT2D eigenvalue weighted by Gasteiger charge is -2.07. The van der Waals surface area contributed by atoms with E-state index in [4.69, 9.17) is 4.74 Å². The van der Waals surface area contributed by atoms with Crippen molar-refractivity contribution in [1.29, 1.82) is 0 Å². The van der Waals surface area contributed by atoms with Crippen molar-refractivity contribution in [1.82, 2.24) is 9.97 Å². The summed E-state index contributed by atoms with van der Waals surface area (Å²) in [6.45, 7) is 1.89. The lowest BCUT2D eigenvalue weighted by Crippen LogP contribution is -2.09. The molecule has 0 saturated carbocycles. The van der Waals surface area contributed by atoms with Gasteiger partial charge in [-0.05, 0) is 24.6 Å². The SMILES string of the molecule is C[C@H]1C[C@H](Sc2ncnc3scc(-c4ccc(F)cc4)c23)C(=O)O1. The zero-order valence-electron chi connectivity index (χ0n) is 12.7. The monoisotopic (exact) mass is 360 g/mol. The minimum absolute atomic E-state index is 0.0635. The Morgan fingerprint density at radius 1 is 1.29 bits per heavy atom. The van der Waals surface area contributed by atoms with Gasteiger partial charge in [-0.15, -0.1) is 11.3 Å². The number of aromatic nitrogens is 2. The molecule has 122 valence electrons. The second kappa shape index (κ2) is 6.14. The van der Waals surface area contributed by atoms with Crippen LogP contribution >= 0.6 is 23.1 Å². The first-order chi connectivity index (χ1) is 11.6. The fraction of sp³-hybridized carbons (Fsp3) is 0.235. The molecule has 0 bridgehead atoms. The van der Waals surface area contributed by atoms with E-state index in [-0.39, 0.29) is 23.1 Å². The van der Waals surface area contributed by atoms with E-state index in [2.05, 4.69) is 9.97 Å². The Kier molecular flexibility index (Phi) is 3.97. The summed E-state index contributed by atoms with van der Waals surface area (Å²) in [7, 11) is 0. The number of esters is 1. The van der Waals surface area contributed by atoms with Crippen LogP contribution in [0.4, 0.5) is 4.39 Å². The number of cyclic esters (lactones) is 1. The summed E-state index contributed by atoms with van der Waals surface area (Å²) >= 11 is 2.93. The maximum Gasteiger partial charge on any atom is 0.319 e. The molecule has 2 atom stereocenters. The van der Waals surface area contributed by atoms with E-state index in [0.717, 1.165) is 26.4 Å². The van der Waals surface area contributed by atoms with Gasteiger partial charge in [0.05, 0.1) is 5.39 Å². The predicted molar refractivity (Wildman–Crippen MR) is 92.6 cm³/mol. The second-order valence-corrected chi connectivity index (χ2v) is 7.65. The van der Waals surface area contributed by atoms with Gasteiger partial charge in [0.15, 0.2) is 0 Å². The number of hydrogen-bond donors (Lipinski definition) is 0. The van der Waals surface area contributed by atoms with E-state index in [1.54, 1.807) is 12.1 Å². The predicted octanol–water partition coefficient (Wildman–Crippen LogP) is 4.29. The van der Waals surface area contributed by atoms with Gasteiger partial charge >= 0.3 is 5.97 Å². The molecule has 0 N–H and O–H groups in total. The number of nitrogens with zero attached hydrogens (tertiary/aromatic N) is 2. The average Bonchev–Trinajstić information content (AvgIpc) is 3.12. The van der Waals surface area contributed by atoms with Crippen LogP contribution < -0.4 is 0 Å². The van der Waals surface area contributed by atoms with Crippen molar-refractivity contribution >= 4 is 39.3 Å². The normalized spacial score (nSPS) is 20.5. The number of benzene rings is 1. The molecule has 3 aromatic rings. The van der Waals surface area contributed by atoms with Crippen LogP contribution in [0.25, 0.3) is 21.3 Å². The molecule has 4 nitrogen and oxygen atoms in total. The van der Waals surface area contributed by atoms with Crippen LogP contribution in [0.3, 0.4) is 0 Å². The standard InChI is InChI=1S/C17H13FN2O2S2/c1-9-6-13(17(21)22-9)24-16-14-12(7-23-15(14)19-8-20-16)10-2-4-11(18)5-3-10/h2-5,7-9,13H,6H2,1H3/t9-,13-/m0/s1. The maximum absolute atomic E-state index is 13.2. The molecule has 0 radical (unpaired) electrons. The molecule has 4 rings (SSSR count). The van der Waals surface area contributed by atoms with Crippen LogP contribution in [0.2, 0.25) is 0 Å². The molecular weight excluding hydrogens is 347 g/mol. The molecule has 7 heteroatoms. The summed E-state index contributed by atoms with van der Waals surface area (Å²) in [6, 6.07) is 6.35. The van der Waals surface area contributed by atoms with Gasteiger partial charge in [0.2, 0.25) is 0 Å². The van der Waals surface area contributed by atoms with Gasteiger partial charge in [-0.2, -0.15) is 0 Å². The maximum atomic E-state index is 13.2. The molecule has 0 amide bonds. The largest absolute Gasteiger partial charge is 0.462 e. The number of thiophene rings is 1. The number of carbonyl (C=O) groups excluding carboxylic acids is 1. The minimum atomic E-state index is -0.271. The molecule has 24 heavy (non-hydrogen) atoms. The van der Waals surface area contributed by atoms with Gasteiger partial charge in [-0.1, -0.05) is 23.9 Å². The van der Waals surface area contributed by atoms with E-state index < -0.39 is 0 Å². The van der Waals surface area contributed by atoms with Crippen LogP contribution in [0.15, 0.2) is 41.0 Å². The molecule has 0 spiro atoms. The number of thioether (sulfide) groups is 1. The Bertz CT molecular complexity index is 911. The van der Waals surface area contributed by atoms with Crippen molar-refractivity contribution < 1.29 is 13.9 Å². The van der Waals surface area contributed by atoms with Crippen LogP contribution in [0.5, 0.6) is 0 Å². The van der Waals surface area contributed by atoms with Crippen molar-refractivity contribution in [2.45, 2.75) is 29.7 Å². The van der Waals surface area contributed by atoms with Gasteiger partial charge in [0.1, 0.15) is 33.4 Å². The summed E-state index contributed by atoms with van der Waals surface area (Å²) in [5.74, 6) is -0.468. The quantitative estimate of drug-likeness (QED) is 0.515. The average molecular weight is 360 g/mol. The molecule has 1 aromatic carbocycles. The second-order valence-electron chi connectivity index (χ2n) is 5.60. The van der Waals surface area contributed by atoms with Crippen LogP contribution in [-0.2, 0) is 9.53 Å². The fourth-order valence-electron chi connectivity index (χ4n) is 2.73. The summed E-state index contributed by atoms with van der Waals surface area (Å²) in [4.78, 5) is 21.5. The number of rotatable bonds is 3. The first kappa shape index (κ1) is 15.5. The topological polar surface area (TPSA) is 52.1 Å². The van der Waals surface area contributed by atoms with Crippen LogP contribution in [0.1, 0.15) is 13.3 Å². The Balaban J connectivity index is 1.77. The smallest absolute Gasteiger partial charge is 0.319 e. The van der Waals surface area contributed by atoms with Crippen LogP contribution in [-0.4, -0.2) is 27.3 Å². The highest BCUT2D eigenvalue weighted by atomic mass is 32.2. The van der Waals surface area contributed by atoms with Gasteiger partial charge in [0.25, 0.3) is 0 Å². The van der Waals surface area contributed by atoms with Crippen molar-refractivity contribution in [2.24, 2.45) is 0 Å². The van der Waals surface area contributed by atoms with E-state index >= 15 is 0 Å². The number of hydrogen-bond acceptors (Lipinski definition) is 6. The fourth-order valence-corrected chi connectivity index (χ4v) is 4.93. The highest BCUT2D eigenvalue weighted by Gasteiger charge is 2.33. The first-order valence-electron chi connectivity index (χ1n) is 7.47. The molecule has 1 aliphatic heterocycles. The van der Waals surface area contributed by atoms with Crippen molar-refractivity contribution in [3.8, 4) is 11.1 Å². The third kappa shape index (κ3) is 2.78. The van der Waals surface area contributed by atoms with E-state index in [1.165, 1.54) is 41.6 Å². The molecule has 3 heterocycles. The Morgan fingerprint density at radius 2 is 2.08 bits per heavy atom. The lowest BCUT2D eigenvalue weighted by atomic mass is 10.1. The number of ether oxygens (including phenoxy) is 1. The highest BCUT2D eigenvalue weighted by Crippen LogP contribution is 2.40. The Labute approximate surface area is 146 Å². The molecule has 0 unspecified atom stereocenters. The Morgan fingerprint density at radius 3 is 2.79 bits per heavy atom. The molecular formula is C17H13FN2O2S2. The summed E-state index contributed by atoms with van der Waals surface area (Å²) in [5.41, 5.74) is 1.86. The summed E-state index contributed by atoms with van der Waals surface area (Å²) in [5, 5.41) is 3.41. The van der Waals surface area contributed by atoms with Gasteiger partial charge < -0.3 is 4.74 Å². The van der Waals surface area contributed by atoms with E-state index in [9.17, 15) is 9.18 Å². The van der Waals surface area contributed by atoms with Crippen molar-refractivity contribution in [3.63, 3.8) is 0 Å². The Hall–Kier alpha value is -1.99. The molecule has 0 aliphatic carbocycles. The zero-order chi connectivity index (χ0) is 16.7. The minimum Gasteiger partial charge on any atom is -0.462 e. The van der Waals surface area contributed by atoms with Crippen LogP contribution in [0, 0.1) is 5.82 Å². The molecule has 1 aliphatic rings. The molecule has 1 fully saturated rings. The third-order valence-corrected chi connectivity index (χ3v) is 5.96. The zero-order valence-corrected chi connectivity index (χ0v) is 14.4. The number of fused-ring (bicyclic) bond motifs is 1. The summed E-state index contributed by atoms with van der Waals surface area (Å²) < 4.78 is 18.4. The van der Waals surface area contributed by atoms with Gasteiger partial charge in [-0.25, -0.2) is 14.4 Å². The van der Waals surface area contributed by atoms with E-state index in [0.29, 0.717) is 6.42 Å². The third-order valence-electron chi connectivity index (χ3n) is 3.87. The molecule has 1 saturated heterocycles. The lowest BCUT2D eigenvalue weighted by molar-refractivity contribution is -0.140. The number of halogens is 1.